The van der Waals surface area contributed by atoms with E-state index in [2.05, 4.69) is 4.90 Å². The minimum atomic E-state index is -3.47. The summed E-state index contributed by atoms with van der Waals surface area (Å²) < 4.78 is 28.3. The first-order valence-corrected chi connectivity index (χ1v) is 11.0. The van der Waals surface area contributed by atoms with Gasteiger partial charge in [0.1, 0.15) is 0 Å². The lowest BCUT2D eigenvalue weighted by atomic mass is 10.1. The summed E-state index contributed by atoms with van der Waals surface area (Å²) in [6.45, 7) is 3.59. The summed E-state index contributed by atoms with van der Waals surface area (Å²) in [5.41, 5.74) is 1.73. The highest BCUT2D eigenvalue weighted by atomic mass is 32.2. The Labute approximate surface area is 156 Å². The fourth-order valence-electron chi connectivity index (χ4n) is 4.24. The van der Waals surface area contributed by atoms with Gasteiger partial charge in [-0.1, -0.05) is 48.5 Å². The van der Waals surface area contributed by atoms with Crippen LogP contribution in [0, 0.1) is 0 Å². The van der Waals surface area contributed by atoms with Gasteiger partial charge in [-0.3, -0.25) is 0 Å². The number of nitrogens with zero attached hydrogens (tertiary/aromatic N) is 2. The summed E-state index contributed by atoms with van der Waals surface area (Å²) in [4.78, 5) is 2.97. The van der Waals surface area contributed by atoms with Crippen molar-refractivity contribution in [2.75, 3.05) is 26.2 Å². The Hall–Kier alpha value is -1.69. The summed E-state index contributed by atoms with van der Waals surface area (Å²) >= 11 is 0. The predicted octanol–water partition coefficient (Wildman–Crippen LogP) is 3.60. The van der Waals surface area contributed by atoms with E-state index in [1.165, 1.54) is 25.9 Å². The number of piperidine rings is 1. The second-order valence-electron chi connectivity index (χ2n) is 7.24. The van der Waals surface area contributed by atoms with Crippen molar-refractivity contribution in [2.24, 2.45) is 0 Å². The molecule has 26 heavy (non-hydrogen) atoms. The highest BCUT2D eigenvalue weighted by molar-refractivity contribution is 7.89. The van der Waals surface area contributed by atoms with E-state index in [1.807, 2.05) is 48.5 Å². The van der Waals surface area contributed by atoms with Gasteiger partial charge >= 0.3 is 0 Å². The molecule has 2 aromatic carbocycles. The van der Waals surface area contributed by atoms with Crippen LogP contribution in [0.4, 0.5) is 0 Å². The van der Waals surface area contributed by atoms with Gasteiger partial charge in [-0.25, -0.2) is 8.42 Å². The van der Waals surface area contributed by atoms with Gasteiger partial charge in [0.25, 0.3) is 0 Å². The molecule has 2 aromatic rings. The maximum Gasteiger partial charge on any atom is 0.243 e. The quantitative estimate of drug-likeness (QED) is 0.826. The number of hydrogen-bond acceptors (Lipinski definition) is 3. The van der Waals surface area contributed by atoms with E-state index in [4.69, 9.17) is 0 Å². The number of hydrogen-bond donors (Lipinski definition) is 0. The molecule has 2 fully saturated rings. The summed E-state index contributed by atoms with van der Waals surface area (Å²) in [6.07, 6.45) is 4.44. The molecule has 0 unspecified atom stereocenters. The zero-order valence-electron chi connectivity index (χ0n) is 15.0. The van der Waals surface area contributed by atoms with Gasteiger partial charge in [0.15, 0.2) is 0 Å². The molecule has 0 bridgehead atoms. The van der Waals surface area contributed by atoms with Gasteiger partial charge in [-0.15, -0.1) is 0 Å². The van der Waals surface area contributed by atoms with Crippen molar-refractivity contribution in [1.29, 1.82) is 0 Å². The van der Waals surface area contributed by atoms with Crippen LogP contribution >= 0.6 is 0 Å². The van der Waals surface area contributed by atoms with Crippen LogP contribution < -0.4 is 0 Å². The fraction of sp³-hybridized carbons (Fsp3) is 0.429. The molecule has 138 valence electrons. The standard InChI is InChI=1S/C21H26N2O2S/c24-26(25,23-16-12-19(13-17-23)22-14-6-7-15-22)21-11-5-4-10-20(21)18-8-2-1-3-9-18/h1-5,8-11,19H,6-7,12-17H2. The Balaban J connectivity index is 1.56. The van der Waals surface area contributed by atoms with E-state index in [0.717, 1.165) is 24.0 Å². The highest BCUT2D eigenvalue weighted by Crippen LogP contribution is 2.31. The van der Waals surface area contributed by atoms with Crippen molar-refractivity contribution in [3.8, 4) is 11.1 Å². The molecule has 0 amide bonds. The molecule has 0 spiro atoms. The first kappa shape index (κ1) is 17.7. The summed E-state index contributed by atoms with van der Waals surface area (Å²) in [5.74, 6) is 0. The summed E-state index contributed by atoms with van der Waals surface area (Å²) in [7, 11) is -3.47. The van der Waals surface area contributed by atoms with Crippen LogP contribution in [0.3, 0.4) is 0 Å². The average Bonchev–Trinajstić information content (AvgIpc) is 3.24. The molecular formula is C21H26N2O2S. The molecule has 2 saturated heterocycles. The second-order valence-corrected chi connectivity index (χ2v) is 9.15. The normalized spacial score (nSPS) is 20.5. The molecule has 0 radical (unpaired) electrons. The monoisotopic (exact) mass is 370 g/mol. The van der Waals surface area contributed by atoms with Crippen molar-refractivity contribution in [1.82, 2.24) is 9.21 Å². The first-order chi connectivity index (χ1) is 12.7. The molecule has 4 rings (SSSR count). The molecule has 0 saturated carbocycles. The predicted molar refractivity (Wildman–Crippen MR) is 104 cm³/mol. The molecule has 2 aliphatic heterocycles. The second kappa shape index (κ2) is 7.51. The van der Waals surface area contributed by atoms with Gasteiger partial charge in [0.2, 0.25) is 10.0 Å². The Bertz CT molecular complexity index is 837. The minimum absolute atomic E-state index is 0.422. The van der Waals surface area contributed by atoms with Crippen LogP contribution in [0.5, 0.6) is 0 Å². The average molecular weight is 371 g/mol. The Morgan fingerprint density at radius 1 is 0.769 bits per heavy atom. The third-order valence-corrected chi connectivity index (χ3v) is 7.63. The molecule has 0 N–H and O–H groups in total. The summed E-state index contributed by atoms with van der Waals surface area (Å²) in [5, 5.41) is 0. The topological polar surface area (TPSA) is 40.6 Å². The van der Waals surface area contributed by atoms with E-state index in [9.17, 15) is 8.42 Å². The van der Waals surface area contributed by atoms with Crippen LogP contribution in [-0.2, 0) is 10.0 Å². The number of sulfonamides is 1. The van der Waals surface area contributed by atoms with Gasteiger partial charge < -0.3 is 4.90 Å². The van der Waals surface area contributed by atoms with Crippen LogP contribution in [-0.4, -0.2) is 49.8 Å². The number of rotatable bonds is 4. The van der Waals surface area contributed by atoms with Gasteiger partial charge in [-0.05, 0) is 50.4 Å². The van der Waals surface area contributed by atoms with Crippen LogP contribution in [0.2, 0.25) is 0 Å². The van der Waals surface area contributed by atoms with E-state index in [1.54, 1.807) is 10.4 Å². The molecule has 4 nitrogen and oxygen atoms in total. The maximum absolute atomic E-state index is 13.3. The van der Waals surface area contributed by atoms with Gasteiger partial charge in [0, 0.05) is 24.7 Å². The zero-order chi connectivity index (χ0) is 18.0. The highest BCUT2D eigenvalue weighted by Gasteiger charge is 2.33. The van der Waals surface area contributed by atoms with Crippen molar-refractivity contribution in [2.45, 2.75) is 36.6 Å². The lowest BCUT2D eigenvalue weighted by Gasteiger charge is -2.36. The molecule has 0 aliphatic carbocycles. The Morgan fingerprint density at radius 2 is 1.38 bits per heavy atom. The van der Waals surface area contributed by atoms with Crippen molar-refractivity contribution < 1.29 is 8.42 Å². The zero-order valence-corrected chi connectivity index (χ0v) is 15.9. The Morgan fingerprint density at radius 3 is 2.08 bits per heavy atom. The number of benzene rings is 2. The van der Waals surface area contributed by atoms with Crippen LogP contribution in [0.25, 0.3) is 11.1 Å². The van der Waals surface area contributed by atoms with Gasteiger partial charge in [0.05, 0.1) is 4.90 Å². The maximum atomic E-state index is 13.3. The molecule has 0 aromatic heterocycles. The van der Waals surface area contributed by atoms with E-state index < -0.39 is 10.0 Å². The van der Waals surface area contributed by atoms with E-state index >= 15 is 0 Å². The minimum Gasteiger partial charge on any atom is -0.300 e. The fourth-order valence-corrected chi connectivity index (χ4v) is 5.93. The lowest BCUT2D eigenvalue weighted by molar-refractivity contribution is 0.168. The number of likely N-dealkylation sites (tertiary alicyclic amines) is 1. The molecule has 2 aliphatic rings. The molecule has 0 atom stereocenters. The third kappa shape index (κ3) is 3.43. The summed E-state index contributed by atoms with van der Waals surface area (Å²) in [6, 6.07) is 17.7. The van der Waals surface area contributed by atoms with Crippen molar-refractivity contribution in [3.63, 3.8) is 0 Å². The SMILES string of the molecule is O=S(=O)(c1ccccc1-c1ccccc1)N1CCC(N2CCCC2)CC1. The van der Waals surface area contributed by atoms with Gasteiger partial charge in [-0.2, -0.15) is 4.31 Å². The van der Waals surface area contributed by atoms with Crippen molar-refractivity contribution >= 4 is 10.0 Å². The Kier molecular flexibility index (Phi) is 5.11. The van der Waals surface area contributed by atoms with Crippen LogP contribution in [0.15, 0.2) is 59.5 Å². The van der Waals surface area contributed by atoms with Crippen molar-refractivity contribution in [3.05, 3.63) is 54.6 Å². The third-order valence-electron chi connectivity index (χ3n) is 5.67. The lowest BCUT2D eigenvalue weighted by Crippen LogP contribution is -2.45. The molecule has 5 heteroatoms. The first-order valence-electron chi connectivity index (χ1n) is 9.55. The van der Waals surface area contributed by atoms with E-state index in [0.29, 0.717) is 24.0 Å². The molecule has 2 heterocycles. The largest absolute Gasteiger partial charge is 0.300 e. The van der Waals surface area contributed by atoms with E-state index in [-0.39, 0.29) is 0 Å². The van der Waals surface area contributed by atoms with Crippen LogP contribution in [0.1, 0.15) is 25.7 Å². The smallest absolute Gasteiger partial charge is 0.243 e. The molecular weight excluding hydrogens is 344 g/mol.